The van der Waals surface area contributed by atoms with E-state index < -0.39 is 45.9 Å². The number of carbonyl (C=O) groups is 2. The Hall–Kier alpha value is -1.70. The molecule has 0 aromatic heterocycles. The van der Waals surface area contributed by atoms with Gasteiger partial charge in [0.1, 0.15) is 11.2 Å². The molecule has 7 nitrogen and oxygen atoms in total. The van der Waals surface area contributed by atoms with Crippen LogP contribution in [0.4, 0.5) is 0 Å². The molecule has 0 radical (unpaired) electrons. The summed E-state index contributed by atoms with van der Waals surface area (Å²) in [4.78, 5) is 26.4. The number of hydrogen-bond donors (Lipinski definition) is 3. The summed E-state index contributed by atoms with van der Waals surface area (Å²) in [5.41, 5.74) is -5.15. The van der Waals surface area contributed by atoms with E-state index in [0.29, 0.717) is 25.7 Å². The molecule has 37 heavy (non-hydrogen) atoms. The van der Waals surface area contributed by atoms with Crippen LogP contribution in [0, 0.1) is 17.8 Å². The largest absolute Gasteiger partial charge is 0.456 e. The van der Waals surface area contributed by atoms with Crippen molar-refractivity contribution in [3.05, 3.63) is 23.8 Å². The van der Waals surface area contributed by atoms with Crippen LogP contribution in [0.25, 0.3) is 0 Å². The summed E-state index contributed by atoms with van der Waals surface area (Å²) in [5.74, 6) is -1.99. The highest BCUT2D eigenvalue weighted by molar-refractivity contribution is 5.81. The standard InChI is InChI=1S/C30H50O7/c1-20(2)28(34)17-14-26(8,15-18-28)36-25(32)30(35,22(5)6)19-16-27(9,33)24(31)37-29(21(3)4)12-10-23(7)11-13-29/h10,14,17,20-22,33-35H,11-13,15-16,18-19H2,1-9H3. The highest BCUT2D eigenvalue weighted by atomic mass is 16.6. The second-order valence-electron chi connectivity index (χ2n) is 12.9. The number of ether oxygens (including phenoxy) is 2. The minimum atomic E-state index is -1.91. The zero-order chi connectivity index (χ0) is 28.4. The van der Waals surface area contributed by atoms with Crippen LogP contribution in [0.1, 0.15) is 107 Å². The number of hydrogen-bond acceptors (Lipinski definition) is 7. The van der Waals surface area contributed by atoms with Crippen LogP contribution in [0.3, 0.4) is 0 Å². The first kappa shape index (κ1) is 31.5. The smallest absolute Gasteiger partial charge is 0.339 e. The zero-order valence-corrected chi connectivity index (χ0v) is 24.4. The van der Waals surface area contributed by atoms with Crippen molar-refractivity contribution in [3.8, 4) is 0 Å². The molecule has 0 aromatic carbocycles. The molecule has 2 aliphatic rings. The summed E-state index contributed by atoms with van der Waals surface area (Å²) < 4.78 is 11.7. The molecule has 0 aliphatic heterocycles. The molecule has 0 spiro atoms. The van der Waals surface area contributed by atoms with Gasteiger partial charge in [-0.3, -0.25) is 0 Å². The molecule has 2 aliphatic carbocycles. The fourth-order valence-corrected chi connectivity index (χ4v) is 4.95. The highest BCUT2D eigenvalue weighted by Gasteiger charge is 2.49. The van der Waals surface area contributed by atoms with Crippen molar-refractivity contribution >= 4 is 11.9 Å². The second kappa shape index (κ2) is 11.2. The average molecular weight is 523 g/mol. The second-order valence-corrected chi connectivity index (χ2v) is 12.9. The van der Waals surface area contributed by atoms with E-state index in [2.05, 4.69) is 13.0 Å². The lowest BCUT2D eigenvalue weighted by Crippen LogP contribution is -2.52. The molecule has 0 amide bonds. The number of aliphatic hydroxyl groups is 3. The Morgan fingerprint density at radius 2 is 1.57 bits per heavy atom. The van der Waals surface area contributed by atoms with E-state index in [-0.39, 0.29) is 24.7 Å². The van der Waals surface area contributed by atoms with Gasteiger partial charge in [0, 0.05) is 6.42 Å². The molecule has 0 saturated carbocycles. The van der Waals surface area contributed by atoms with Gasteiger partial charge in [0.2, 0.25) is 0 Å². The summed E-state index contributed by atoms with van der Waals surface area (Å²) >= 11 is 0. The molecule has 3 N–H and O–H groups in total. The predicted molar refractivity (Wildman–Crippen MR) is 144 cm³/mol. The van der Waals surface area contributed by atoms with Crippen molar-refractivity contribution in [3.63, 3.8) is 0 Å². The summed E-state index contributed by atoms with van der Waals surface area (Å²) in [6.07, 6.45) is 8.06. The van der Waals surface area contributed by atoms with E-state index in [0.717, 1.165) is 6.42 Å². The fraction of sp³-hybridized carbons (Fsp3) is 0.800. The minimum Gasteiger partial charge on any atom is -0.456 e. The van der Waals surface area contributed by atoms with E-state index in [1.807, 2.05) is 27.7 Å². The van der Waals surface area contributed by atoms with Crippen molar-refractivity contribution in [2.24, 2.45) is 17.8 Å². The van der Waals surface area contributed by atoms with Gasteiger partial charge in [0.25, 0.3) is 0 Å². The molecule has 212 valence electrons. The van der Waals surface area contributed by atoms with Gasteiger partial charge in [-0.1, -0.05) is 59.3 Å². The van der Waals surface area contributed by atoms with Crippen LogP contribution < -0.4 is 0 Å². The lowest BCUT2D eigenvalue weighted by molar-refractivity contribution is -0.193. The van der Waals surface area contributed by atoms with Gasteiger partial charge >= 0.3 is 11.9 Å². The van der Waals surface area contributed by atoms with Gasteiger partial charge in [-0.15, -0.1) is 0 Å². The Kier molecular flexibility index (Phi) is 9.53. The van der Waals surface area contributed by atoms with Crippen molar-refractivity contribution < 1.29 is 34.4 Å². The number of rotatable bonds is 10. The first-order chi connectivity index (χ1) is 16.8. The quantitative estimate of drug-likeness (QED) is 0.273. The maximum atomic E-state index is 13.3. The fourth-order valence-electron chi connectivity index (χ4n) is 4.95. The monoisotopic (exact) mass is 522 g/mol. The Morgan fingerprint density at radius 3 is 2.00 bits per heavy atom. The van der Waals surface area contributed by atoms with Gasteiger partial charge < -0.3 is 24.8 Å². The van der Waals surface area contributed by atoms with Gasteiger partial charge in [0.15, 0.2) is 11.2 Å². The summed E-state index contributed by atoms with van der Waals surface area (Å²) in [6.45, 7) is 16.5. The molecule has 7 heteroatoms. The van der Waals surface area contributed by atoms with Gasteiger partial charge in [0.05, 0.1) is 5.60 Å². The van der Waals surface area contributed by atoms with Crippen LogP contribution in [0.5, 0.6) is 0 Å². The molecule has 0 bridgehead atoms. The Morgan fingerprint density at radius 1 is 0.946 bits per heavy atom. The minimum absolute atomic E-state index is 0.0158. The molecular weight excluding hydrogens is 472 g/mol. The third-order valence-electron chi connectivity index (χ3n) is 8.90. The first-order valence-electron chi connectivity index (χ1n) is 13.8. The van der Waals surface area contributed by atoms with Crippen molar-refractivity contribution in [1.29, 1.82) is 0 Å². The highest BCUT2D eigenvalue weighted by Crippen LogP contribution is 2.40. The molecule has 0 fully saturated rings. The summed E-state index contributed by atoms with van der Waals surface area (Å²) in [7, 11) is 0. The Bertz CT molecular complexity index is 902. The lowest BCUT2D eigenvalue weighted by atomic mass is 9.77. The van der Waals surface area contributed by atoms with E-state index >= 15 is 0 Å². The third kappa shape index (κ3) is 7.04. The first-order valence-corrected chi connectivity index (χ1v) is 13.8. The van der Waals surface area contributed by atoms with E-state index in [4.69, 9.17) is 9.47 Å². The molecule has 0 saturated heterocycles. The molecular formula is C30H50O7. The van der Waals surface area contributed by atoms with Gasteiger partial charge in [-0.2, -0.15) is 0 Å². The predicted octanol–water partition coefficient (Wildman–Crippen LogP) is 5.01. The van der Waals surface area contributed by atoms with Crippen LogP contribution in [-0.4, -0.2) is 55.3 Å². The van der Waals surface area contributed by atoms with Crippen molar-refractivity contribution in [2.75, 3.05) is 0 Å². The zero-order valence-electron chi connectivity index (χ0n) is 24.4. The Balaban J connectivity index is 2.13. The molecule has 5 atom stereocenters. The SMILES string of the molecule is CC1=CCC(OC(=O)C(C)(O)CCC(O)(C(=O)OC2(C)C=CC(O)(C(C)C)CC2)C(C)C)(C(C)C)CC1. The Labute approximate surface area is 223 Å². The molecule has 0 aromatic rings. The van der Waals surface area contributed by atoms with Gasteiger partial charge in [-0.05, 0) is 83.1 Å². The number of esters is 2. The van der Waals surface area contributed by atoms with Gasteiger partial charge in [-0.25, -0.2) is 9.59 Å². The molecule has 5 unspecified atom stereocenters. The van der Waals surface area contributed by atoms with Crippen molar-refractivity contribution in [1.82, 2.24) is 0 Å². The maximum absolute atomic E-state index is 13.3. The van der Waals surface area contributed by atoms with Crippen LogP contribution >= 0.6 is 0 Å². The number of carbonyl (C=O) groups excluding carboxylic acids is 2. The summed E-state index contributed by atoms with van der Waals surface area (Å²) in [6, 6.07) is 0. The molecule has 2 rings (SSSR count). The third-order valence-corrected chi connectivity index (χ3v) is 8.90. The normalized spacial score (nSPS) is 31.6. The topological polar surface area (TPSA) is 113 Å². The lowest BCUT2D eigenvalue weighted by Gasteiger charge is -2.42. The van der Waals surface area contributed by atoms with Crippen molar-refractivity contribution in [2.45, 2.75) is 135 Å². The van der Waals surface area contributed by atoms with Crippen LogP contribution in [0.15, 0.2) is 23.8 Å². The van der Waals surface area contributed by atoms with Crippen LogP contribution in [0.2, 0.25) is 0 Å². The summed E-state index contributed by atoms with van der Waals surface area (Å²) in [5, 5.41) is 33.2. The van der Waals surface area contributed by atoms with Crippen LogP contribution in [-0.2, 0) is 19.1 Å². The van der Waals surface area contributed by atoms with E-state index in [1.54, 1.807) is 32.9 Å². The van der Waals surface area contributed by atoms with E-state index in [1.165, 1.54) is 12.5 Å². The average Bonchev–Trinajstić information content (AvgIpc) is 2.80. The van der Waals surface area contributed by atoms with E-state index in [9.17, 15) is 24.9 Å². The maximum Gasteiger partial charge on any atom is 0.339 e. The number of allylic oxidation sites excluding steroid dienone is 1. The molecule has 0 heterocycles.